The summed E-state index contributed by atoms with van der Waals surface area (Å²) in [5.74, 6) is 1.63. The second-order valence-electron chi connectivity index (χ2n) is 3.58. The van der Waals surface area contributed by atoms with Crippen LogP contribution in [0.4, 0.5) is 0 Å². The number of hydrogen-bond donors (Lipinski definition) is 1. The summed E-state index contributed by atoms with van der Waals surface area (Å²) in [6.45, 7) is 4.71. The molecule has 2 N–H and O–H groups in total. The molecule has 0 aliphatic rings. The highest BCUT2D eigenvalue weighted by molar-refractivity contribution is 5.54. The Bertz CT molecular complexity index is 348. The van der Waals surface area contributed by atoms with E-state index in [1.807, 2.05) is 6.92 Å². The summed E-state index contributed by atoms with van der Waals surface area (Å²) in [5, 5.41) is 0. The van der Waals surface area contributed by atoms with Gasteiger partial charge in [-0.3, -0.25) is 0 Å². The van der Waals surface area contributed by atoms with E-state index < -0.39 is 0 Å². The van der Waals surface area contributed by atoms with Crippen LogP contribution in [0.25, 0.3) is 0 Å². The van der Waals surface area contributed by atoms with E-state index in [1.54, 1.807) is 14.2 Å². The molecule has 1 aromatic rings. The van der Waals surface area contributed by atoms with Crippen molar-refractivity contribution in [3.63, 3.8) is 0 Å². The molecule has 0 saturated heterocycles. The first-order valence-electron chi connectivity index (χ1n) is 5.06. The van der Waals surface area contributed by atoms with Crippen LogP contribution in [-0.4, -0.2) is 20.8 Å². The van der Waals surface area contributed by atoms with E-state index in [-0.39, 0.29) is 0 Å². The average Bonchev–Trinajstić information content (AvgIpc) is 2.23. The van der Waals surface area contributed by atoms with Crippen molar-refractivity contribution in [2.75, 3.05) is 20.8 Å². The maximum absolute atomic E-state index is 5.57. The summed E-state index contributed by atoms with van der Waals surface area (Å²) in [5.41, 5.74) is 9.00. The largest absolute Gasteiger partial charge is 0.493 e. The third kappa shape index (κ3) is 2.23. The summed E-state index contributed by atoms with van der Waals surface area (Å²) in [4.78, 5) is 0. The molecule has 0 aliphatic heterocycles. The first-order valence-corrected chi connectivity index (χ1v) is 5.06. The zero-order valence-corrected chi connectivity index (χ0v) is 9.89. The van der Waals surface area contributed by atoms with Crippen molar-refractivity contribution in [2.45, 2.75) is 20.3 Å². The summed E-state index contributed by atoms with van der Waals surface area (Å²) >= 11 is 0. The van der Waals surface area contributed by atoms with Gasteiger partial charge in [0.2, 0.25) is 0 Å². The molecule has 0 unspecified atom stereocenters. The highest BCUT2D eigenvalue weighted by atomic mass is 16.5. The van der Waals surface area contributed by atoms with E-state index in [2.05, 4.69) is 13.0 Å². The molecule has 1 rings (SSSR count). The summed E-state index contributed by atoms with van der Waals surface area (Å²) < 4.78 is 10.7. The molecular formula is C12H19NO2. The van der Waals surface area contributed by atoms with Gasteiger partial charge in [0.05, 0.1) is 14.2 Å². The summed E-state index contributed by atoms with van der Waals surface area (Å²) in [7, 11) is 3.32. The van der Waals surface area contributed by atoms with Gasteiger partial charge in [-0.25, -0.2) is 0 Å². The SMILES string of the molecule is COc1c(CCN)cc(C)c(C)c1OC. The first-order chi connectivity index (χ1) is 7.15. The third-order valence-electron chi connectivity index (χ3n) is 2.64. The van der Waals surface area contributed by atoms with Crippen molar-refractivity contribution in [2.24, 2.45) is 5.73 Å². The van der Waals surface area contributed by atoms with Crippen LogP contribution >= 0.6 is 0 Å². The minimum Gasteiger partial charge on any atom is -0.493 e. The van der Waals surface area contributed by atoms with E-state index in [9.17, 15) is 0 Å². The van der Waals surface area contributed by atoms with Gasteiger partial charge in [-0.15, -0.1) is 0 Å². The van der Waals surface area contributed by atoms with E-state index in [0.29, 0.717) is 6.54 Å². The molecule has 0 bridgehead atoms. The van der Waals surface area contributed by atoms with Crippen LogP contribution < -0.4 is 15.2 Å². The van der Waals surface area contributed by atoms with Gasteiger partial charge in [-0.05, 0) is 43.5 Å². The molecule has 0 heterocycles. The van der Waals surface area contributed by atoms with Crippen LogP contribution in [0.2, 0.25) is 0 Å². The van der Waals surface area contributed by atoms with E-state index in [4.69, 9.17) is 15.2 Å². The number of rotatable bonds is 4. The van der Waals surface area contributed by atoms with Crippen molar-refractivity contribution in [3.05, 3.63) is 22.8 Å². The molecule has 15 heavy (non-hydrogen) atoms. The molecule has 0 spiro atoms. The lowest BCUT2D eigenvalue weighted by Gasteiger charge is -2.16. The molecule has 0 saturated carbocycles. The fourth-order valence-electron chi connectivity index (χ4n) is 1.74. The van der Waals surface area contributed by atoms with Crippen LogP contribution in [0.5, 0.6) is 11.5 Å². The van der Waals surface area contributed by atoms with Crippen molar-refractivity contribution in [1.29, 1.82) is 0 Å². The molecular weight excluding hydrogens is 190 g/mol. The van der Waals surface area contributed by atoms with Crippen molar-refractivity contribution >= 4 is 0 Å². The number of nitrogens with two attached hydrogens (primary N) is 1. The fraction of sp³-hybridized carbons (Fsp3) is 0.500. The zero-order chi connectivity index (χ0) is 11.4. The second kappa shape index (κ2) is 5.03. The van der Waals surface area contributed by atoms with Gasteiger partial charge < -0.3 is 15.2 Å². The monoisotopic (exact) mass is 209 g/mol. The molecule has 0 atom stereocenters. The molecule has 3 nitrogen and oxygen atoms in total. The molecule has 1 aromatic carbocycles. The lowest BCUT2D eigenvalue weighted by Crippen LogP contribution is -2.06. The highest BCUT2D eigenvalue weighted by Crippen LogP contribution is 2.36. The van der Waals surface area contributed by atoms with Gasteiger partial charge in [0.1, 0.15) is 0 Å². The molecule has 0 aromatic heterocycles. The number of hydrogen-bond acceptors (Lipinski definition) is 3. The Labute approximate surface area is 91.2 Å². The van der Waals surface area contributed by atoms with Gasteiger partial charge in [-0.1, -0.05) is 6.07 Å². The first kappa shape index (κ1) is 11.9. The Morgan fingerprint density at radius 3 is 2.20 bits per heavy atom. The van der Waals surface area contributed by atoms with Crippen molar-refractivity contribution in [1.82, 2.24) is 0 Å². The minimum absolute atomic E-state index is 0.613. The van der Waals surface area contributed by atoms with Crippen LogP contribution in [0.3, 0.4) is 0 Å². The van der Waals surface area contributed by atoms with Crippen LogP contribution in [-0.2, 0) is 6.42 Å². The zero-order valence-electron chi connectivity index (χ0n) is 9.89. The maximum Gasteiger partial charge on any atom is 0.164 e. The molecule has 0 radical (unpaired) electrons. The Morgan fingerprint density at radius 2 is 1.73 bits per heavy atom. The quantitative estimate of drug-likeness (QED) is 0.822. The molecule has 84 valence electrons. The molecule has 0 fully saturated rings. The minimum atomic E-state index is 0.613. The van der Waals surface area contributed by atoms with Gasteiger partial charge >= 0.3 is 0 Å². The summed E-state index contributed by atoms with van der Waals surface area (Å²) in [6.07, 6.45) is 0.806. The molecule has 3 heteroatoms. The third-order valence-corrected chi connectivity index (χ3v) is 2.64. The Morgan fingerprint density at radius 1 is 1.13 bits per heavy atom. The van der Waals surface area contributed by atoms with Crippen molar-refractivity contribution < 1.29 is 9.47 Å². The van der Waals surface area contributed by atoms with E-state index in [1.165, 1.54) is 5.56 Å². The second-order valence-corrected chi connectivity index (χ2v) is 3.58. The topological polar surface area (TPSA) is 44.5 Å². The predicted molar refractivity (Wildman–Crippen MR) is 61.8 cm³/mol. The maximum atomic E-state index is 5.57. The standard InChI is InChI=1S/C12H19NO2/c1-8-7-10(5-6-13)12(15-4)11(14-3)9(8)2/h7H,5-6,13H2,1-4H3. The van der Waals surface area contributed by atoms with Crippen LogP contribution in [0, 0.1) is 13.8 Å². The Kier molecular flexibility index (Phi) is 3.97. The van der Waals surface area contributed by atoms with Gasteiger partial charge in [0, 0.05) is 0 Å². The lowest BCUT2D eigenvalue weighted by molar-refractivity contribution is 0.349. The van der Waals surface area contributed by atoms with Crippen LogP contribution in [0.15, 0.2) is 6.07 Å². The highest BCUT2D eigenvalue weighted by Gasteiger charge is 2.14. The number of benzene rings is 1. The fourth-order valence-corrected chi connectivity index (χ4v) is 1.74. The van der Waals surface area contributed by atoms with Crippen molar-refractivity contribution in [3.8, 4) is 11.5 Å². The average molecular weight is 209 g/mol. The van der Waals surface area contributed by atoms with Gasteiger partial charge in [0.15, 0.2) is 11.5 Å². The summed E-state index contributed by atoms with van der Waals surface area (Å²) in [6, 6.07) is 2.11. The number of aryl methyl sites for hydroxylation is 1. The Hall–Kier alpha value is -1.22. The van der Waals surface area contributed by atoms with E-state index in [0.717, 1.165) is 29.0 Å². The molecule has 0 amide bonds. The Balaban J connectivity index is 3.33. The van der Waals surface area contributed by atoms with Gasteiger partial charge in [-0.2, -0.15) is 0 Å². The predicted octanol–water partition coefficient (Wildman–Crippen LogP) is 1.82. The van der Waals surface area contributed by atoms with E-state index >= 15 is 0 Å². The lowest BCUT2D eigenvalue weighted by atomic mass is 10.0. The normalized spacial score (nSPS) is 10.2. The number of ether oxygens (including phenoxy) is 2. The smallest absolute Gasteiger partial charge is 0.164 e. The number of methoxy groups -OCH3 is 2. The molecule has 0 aliphatic carbocycles. The van der Waals surface area contributed by atoms with Gasteiger partial charge in [0.25, 0.3) is 0 Å². The van der Waals surface area contributed by atoms with Crippen LogP contribution in [0.1, 0.15) is 16.7 Å².